The molecule has 0 bridgehead atoms. The van der Waals surface area contributed by atoms with E-state index in [0.29, 0.717) is 5.57 Å². The van der Waals surface area contributed by atoms with E-state index in [-0.39, 0.29) is 29.6 Å². The number of benzene rings is 1. The highest BCUT2D eigenvalue weighted by molar-refractivity contribution is 7.99. The van der Waals surface area contributed by atoms with E-state index in [2.05, 4.69) is 22.5 Å². The normalized spacial score (nSPS) is 26.9. The third kappa shape index (κ3) is 4.25. The summed E-state index contributed by atoms with van der Waals surface area (Å²) in [5.41, 5.74) is 1.95. The lowest BCUT2D eigenvalue weighted by molar-refractivity contribution is -0.143. The van der Waals surface area contributed by atoms with Gasteiger partial charge in [-0.05, 0) is 26.3 Å². The molecule has 0 aliphatic carbocycles. The van der Waals surface area contributed by atoms with Crippen LogP contribution in [0.4, 0.5) is 0 Å². The Morgan fingerprint density at radius 2 is 2.00 bits per heavy atom. The van der Waals surface area contributed by atoms with Crippen molar-refractivity contribution in [2.45, 2.75) is 44.5 Å². The summed E-state index contributed by atoms with van der Waals surface area (Å²) in [4.78, 5) is 26.0. The Bertz CT molecular complexity index is 778. The largest absolute Gasteiger partial charge is 0.460 e. The highest BCUT2D eigenvalue weighted by Crippen LogP contribution is 2.40. The van der Waals surface area contributed by atoms with Crippen LogP contribution in [0.1, 0.15) is 32.3 Å². The van der Waals surface area contributed by atoms with Crippen molar-refractivity contribution in [1.82, 2.24) is 16.0 Å². The number of hydrogen-bond donors (Lipinski definition) is 3. The molecule has 150 valence electrons. The summed E-state index contributed by atoms with van der Waals surface area (Å²) in [7, 11) is 0. The molecule has 1 aromatic rings. The average molecular weight is 402 g/mol. The third-order valence-corrected chi connectivity index (χ3v) is 5.83. The fourth-order valence-electron chi connectivity index (χ4n) is 3.73. The van der Waals surface area contributed by atoms with E-state index in [9.17, 15) is 9.59 Å². The maximum absolute atomic E-state index is 13.1. The second kappa shape index (κ2) is 8.84. The number of allylic oxidation sites excluding steroid dienone is 1. The molecule has 4 unspecified atom stereocenters. The van der Waals surface area contributed by atoms with Crippen molar-refractivity contribution in [3.63, 3.8) is 0 Å². The molecule has 2 heterocycles. The van der Waals surface area contributed by atoms with Gasteiger partial charge in [-0.1, -0.05) is 36.4 Å². The van der Waals surface area contributed by atoms with Gasteiger partial charge < -0.3 is 15.4 Å². The standard InChI is InChI=1S/C21H27N3O3S/c1-5-11-28-21-23-18-17(19(25)24-21)16(14-9-7-6-8-10-14)15(13(4)22-18)20(26)27-12(2)3/h5-10,12,16-18,21-23H,1,11H2,2-4H3,(H,24,25). The number of ether oxygens (including phenoxy) is 1. The number of fused-ring (bicyclic) bond motifs is 1. The average Bonchev–Trinajstić information content (AvgIpc) is 2.65. The smallest absolute Gasteiger partial charge is 0.336 e. The number of rotatable bonds is 6. The van der Waals surface area contributed by atoms with Gasteiger partial charge in [-0.15, -0.1) is 18.3 Å². The monoisotopic (exact) mass is 401 g/mol. The van der Waals surface area contributed by atoms with Crippen LogP contribution in [0.5, 0.6) is 0 Å². The molecule has 2 aliphatic rings. The Balaban J connectivity index is 2.00. The lowest BCUT2D eigenvalue weighted by atomic mass is 9.74. The SMILES string of the molecule is C=CCSC1NC(=O)C2C(NC(C)=C(C(=O)OC(C)C)C2c2ccccc2)N1. The number of carbonyl (C=O) groups is 2. The highest BCUT2D eigenvalue weighted by Gasteiger charge is 2.48. The van der Waals surface area contributed by atoms with Crippen LogP contribution in [0, 0.1) is 5.92 Å². The maximum Gasteiger partial charge on any atom is 0.336 e. The molecule has 2 aliphatic heterocycles. The van der Waals surface area contributed by atoms with Crippen molar-refractivity contribution in [3.8, 4) is 0 Å². The second-order valence-corrected chi connectivity index (χ2v) is 8.34. The summed E-state index contributed by atoms with van der Waals surface area (Å²) in [5, 5.41) is 9.78. The van der Waals surface area contributed by atoms with Gasteiger partial charge in [0.25, 0.3) is 0 Å². The van der Waals surface area contributed by atoms with Crippen LogP contribution < -0.4 is 16.0 Å². The number of carbonyl (C=O) groups excluding carboxylic acids is 2. The number of nitrogens with one attached hydrogen (secondary N) is 3. The van der Waals surface area contributed by atoms with Gasteiger partial charge in [0, 0.05) is 17.4 Å². The molecule has 7 heteroatoms. The van der Waals surface area contributed by atoms with Gasteiger partial charge in [0.2, 0.25) is 5.91 Å². The number of esters is 1. The van der Waals surface area contributed by atoms with Crippen LogP contribution in [0.15, 0.2) is 54.3 Å². The van der Waals surface area contributed by atoms with Crippen LogP contribution in [0.25, 0.3) is 0 Å². The van der Waals surface area contributed by atoms with Crippen molar-refractivity contribution in [2.24, 2.45) is 5.92 Å². The lowest BCUT2D eigenvalue weighted by Crippen LogP contribution is -2.67. The molecule has 0 aromatic heterocycles. The molecule has 4 atom stereocenters. The first-order valence-electron chi connectivity index (χ1n) is 9.44. The van der Waals surface area contributed by atoms with Gasteiger partial charge in [-0.2, -0.15) is 0 Å². The van der Waals surface area contributed by atoms with Crippen molar-refractivity contribution < 1.29 is 14.3 Å². The predicted octanol–water partition coefficient (Wildman–Crippen LogP) is 2.46. The fraction of sp³-hybridized carbons (Fsp3) is 0.429. The molecule has 3 rings (SSSR count). The first-order chi connectivity index (χ1) is 13.4. The van der Waals surface area contributed by atoms with E-state index in [1.807, 2.05) is 51.1 Å². The van der Waals surface area contributed by atoms with Gasteiger partial charge in [-0.25, -0.2) is 4.79 Å². The summed E-state index contributed by atoms with van der Waals surface area (Å²) in [6.07, 6.45) is 1.29. The lowest BCUT2D eigenvalue weighted by Gasteiger charge is -2.45. The first kappa shape index (κ1) is 20.5. The molecule has 1 aromatic carbocycles. The van der Waals surface area contributed by atoms with E-state index in [1.165, 1.54) is 0 Å². The van der Waals surface area contributed by atoms with Crippen molar-refractivity contribution in [3.05, 3.63) is 59.8 Å². The first-order valence-corrected chi connectivity index (χ1v) is 10.5. The van der Waals surface area contributed by atoms with Gasteiger partial charge in [0.15, 0.2) is 0 Å². The van der Waals surface area contributed by atoms with Crippen LogP contribution in [0.3, 0.4) is 0 Å². The van der Waals surface area contributed by atoms with E-state index < -0.39 is 11.8 Å². The van der Waals surface area contributed by atoms with Crippen molar-refractivity contribution in [1.29, 1.82) is 0 Å². The zero-order valence-corrected chi connectivity index (χ0v) is 17.2. The Morgan fingerprint density at radius 3 is 2.64 bits per heavy atom. The summed E-state index contributed by atoms with van der Waals surface area (Å²) in [5.74, 6) is -0.617. The molecular formula is C21H27N3O3S. The van der Waals surface area contributed by atoms with E-state index in [1.54, 1.807) is 17.8 Å². The zero-order chi connectivity index (χ0) is 20.3. The summed E-state index contributed by atoms with van der Waals surface area (Å²) in [6.45, 7) is 9.23. The molecule has 6 nitrogen and oxygen atoms in total. The van der Waals surface area contributed by atoms with E-state index >= 15 is 0 Å². The van der Waals surface area contributed by atoms with E-state index in [0.717, 1.165) is 17.0 Å². The van der Waals surface area contributed by atoms with Gasteiger partial charge in [-0.3, -0.25) is 10.1 Å². The molecule has 3 N–H and O–H groups in total. The highest BCUT2D eigenvalue weighted by atomic mass is 32.2. The van der Waals surface area contributed by atoms with Gasteiger partial charge in [0.05, 0.1) is 23.8 Å². The maximum atomic E-state index is 13.1. The summed E-state index contributed by atoms with van der Waals surface area (Å²) >= 11 is 1.56. The van der Waals surface area contributed by atoms with Gasteiger partial charge in [0.1, 0.15) is 5.50 Å². The molecule has 0 saturated carbocycles. The summed E-state index contributed by atoms with van der Waals surface area (Å²) in [6, 6.07) is 9.67. The van der Waals surface area contributed by atoms with E-state index in [4.69, 9.17) is 4.74 Å². The van der Waals surface area contributed by atoms with Crippen molar-refractivity contribution in [2.75, 3.05) is 5.75 Å². The molecule has 1 fully saturated rings. The molecular weight excluding hydrogens is 374 g/mol. The minimum atomic E-state index is -0.471. The van der Waals surface area contributed by atoms with Crippen LogP contribution >= 0.6 is 11.8 Å². The van der Waals surface area contributed by atoms with Crippen LogP contribution in [-0.4, -0.2) is 35.4 Å². The number of hydrogen-bond acceptors (Lipinski definition) is 6. The molecule has 0 radical (unpaired) electrons. The van der Waals surface area contributed by atoms with Crippen LogP contribution in [-0.2, 0) is 14.3 Å². The quantitative estimate of drug-likeness (QED) is 0.502. The minimum absolute atomic E-state index is 0.0889. The summed E-state index contributed by atoms with van der Waals surface area (Å²) < 4.78 is 5.50. The molecule has 28 heavy (non-hydrogen) atoms. The van der Waals surface area contributed by atoms with Crippen LogP contribution in [0.2, 0.25) is 0 Å². The van der Waals surface area contributed by atoms with Crippen molar-refractivity contribution >= 4 is 23.6 Å². The van der Waals surface area contributed by atoms with Gasteiger partial charge >= 0.3 is 5.97 Å². The topological polar surface area (TPSA) is 79.5 Å². The zero-order valence-electron chi connectivity index (χ0n) is 16.4. The molecule has 0 spiro atoms. The molecule has 1 amide bonds. The number of thioether (sulfide) groups is 1. The molecule has 1 saturated heterocycles. The second-order valence-electron chi connectivity index (χ2n) is 7.21. The minimum Gasteiger partial charge on any atom is -0.460 e. The Kier molecular flexibility index (Phi) is 6.46. The predicted molar refractivity (Wildman–Crippen MR) is 111 cm³/mol. The Hall–Kier alpha value is -2.25. The number of amides is 1. The third-order valence-electron chi connectivity index (χ3n) is 4.81. The Labute approximate surface area is 170 Å². The Morgan fingerprint density at radius 1 is 1.29 bits per heavy atom. The fourth-order valence-corrected chi connectivity index (χ4v) is 4.50.